The fourth-order valence-electron chi connectivity index (χ4n) is 1.23. The monoisotopic (exact) mass is 210 g/mol. The molecule has 0 aliphatic heterocycles. The van der Waals surface area contributed by atoms with Gasteiger partial charge in [0.15, 0.2) is 0 Å². The number of H-pyrrole nitrogens is 1. The molecule has 5 heteroatoms. The highest BCUT2D eigenvalue weighted by Crippen LogP contribution is 2.22. The molecule has 1 N–H and O–H groups in total. The quantitative estimate of drug-likeness (QED) is 0.733. The fourth-order valence-corrected chi connectivity index (χ4v) is 1.47. The molecule has 0 saturated heterocycles. The van der Waals surface area contributed by atoms with Gasteiger partial charge in [-0.15, -0.1) is 0 Å². The molecule has 0 spiro atoms. The number of ether oxygens (including phenoxy) is 1. The van der Waals surface area contributed by atoms with E-state index in [0.29, 0.717) is 10.6 Å². The van der Waals surface area contributed by atoms with E-state index in [1.807, 2.05) is 0 Å². The molecule has 0 atom stereocenters. The van der Waals surface area contributed by atoms with Crippen LogP contribution < -0.4 is 0 Å². The second kappa shape index (κ2) is 3.31. The van der Waals surface area contributed by atoms with E-state index in [1.54, 1.807) is 18.3 Å². The molecule has 14 heavy (non-hydrogen) atoms. The van der Waals surface area contributed by atoms with Crippen molar-refractivity contribution in [1.82, 2.24) is 10.2 Å². The third kappa shape index (κ3) is 1.33. The predicted octanol–water partition coefficient (Wildman–Crippen LogP) is 2.00. The molecule has 2 aromatic rings. The van der Waals surface area contributed by atoms with Gasteiger partial charge in [-0.25, -0.2) is 4.79 Å². The second-order valence-electron chi connectivity index (χ2n) is 2.78. The van der Waals surface area contributed by atoms with Crippen LogP contribution in [0.5, 0.6) is 0 Å². The van der Waals surface area contributed by atoms with Crippen molar-refractivity contribution in [2.45, 2.75) is 0 Å². The Hall–Kier alpha value is -1.55. The molecule has 0 aliphatic rings. The Balaban J connectivity index is 2.64. The highest BCUT2D eigenvalue weighted by atomic mass is 35.5. The molecule has 1 aromatic carbocycles. The normalized spacial score (nSPS) is 10.4. The zero-order valence-electron chi connectivity index (χ0n) is 7.37. The number of hydrogen-bond donors (Lipinski definition) is 1. The number of benzene rings is 1. The Morgan fingerprint density at radius 2 is 2.36 bits per heavy atom. The molecule has 72 valence electrons. The van der Waals surface area contributed by atoms with Crippen LogP contribution >= 0.6 is 11.6 Å². The van der Waals surface area contributed by atoms with Crippen LogP contribution in [0.15, 0.2) is 18.3 Å². The molecule has 1 heterocycles. The maximum Gasteiger partial charge on any atom is 0.339 e. The van der Waals surface area contributed by atoms with Gasteiger partial charge in [-0.05, 0) is 12.1 Å². The molecule has 0 amide bonds. The molecule has 0 bridgehead atoms. The topological polar surface area (TPSA) is 55.0 Å². The van der Waals surface area contributed by atoms with E-state index >= 15 is 0 Å². The van der Waals surface area contributed by atoms with Gasteiger partial charge in [0.05, 0.1) is 29.4 Å². The van der Waals surface area contributed by atoms with E-state index in [4.69, 9.17) is 11.6 Å². The van der Waals surface area contributed by atoms with Gasteiger partial charge >= 0.3 is 5.97 Å². The molecule has 2 rings (SSSR count). The average molecular weight is 211 g/mol. The van der Waals surface area contributed by atoms with Gasteiger partial charge in [0.25, 0.3) is 0 Å². The van der Waals surface area contributed by atoms with Crippen molar-refractivity contribution in [2.24, 2.45) is 0 Å². The minimum atomic E-state index is -0.446. The number of esters is 1. The average Bonchev–Trinajstić information content (AvgIpc) is 2.62. The number of carbonyl (C=O) groups excluding carboxylic acids is 1. The van der Waals surface area contributed by atoms with Crippen molar-refractivity contribution < 1.29 is 9.53 Å². The summed E-state index contributed by atoms with van der Waals surface area (Å²) in [4.78, 5) is 11.3. The van der Waals surface area contributed by atoms with Crippen LogP contribution in [-0.4, -0.2) is 23.3 Å². The Bertz CT molecular complexity index is 493. The SMILES string of the molecule is COC(=O)c1cc2cn[nH]c2cc1Cl. The number of nitrogens with one attached hydrogen (secondary N) is 1. The molecule has 0 aliphatic carbocycles. The number of aromatic amines is 1. The first-order valence-corrected chi connectivity index (χ1v) is 4.31. The molecular weight excluding hydrogens is 204 g/mol. The number of fused-ring (bicyclic) bond motifs is 1. The smallest absolute Gasteiger partial charge is 0.339 e. The van der Waals surface area contributed by atoms with E-state index in [0.717, 1.165) is 10.9 Å². The lowest BCUT2D eigenvalue weighted by molar-refractivity contribution is 0.0601. The van der Waals surface area contributed by atoms with E-state index in [9.17, 15) is 4.79 Å². The summed E-state index contributed by atoms with van der Waals surface area (Å²) in [6.45, 7) is 0. The Labute approximate surface area is 84.8 Å². The Morgan fingerprint density at radius 3 is 3.07 bits per heavy atom. The summed E-state index contributed by atoms with van der Waals surface area (Å²) in [5, 5.41) is 7.77. The first-order valence-electron chi connectivity index (χ1n) is 3.93. The van der Waals surface area contributed by atoms with Crippen LogP contribution in [0.2, 0.25) is 5.02 Å². The summed E-state index contributed by atoms with van der Waals surface area (Å²) in [6.07, 6.45) is 1.62. The fraction of sp³-hybridized carbons (Fsp3) is 0.111. The van der Waals surface area contributed by atoms with Gasteiger partial charge in [0.1, 0.15) is 0 Å². The van der Waals surface area contributed by atoms with Crippen LogP contribution in [-0.2, 0) is 4.74 Å². The van der Waals surface area contributed by atoms with Gasteiger partial charge in [-0.2, -0.15) is 5.10 Å². The van der Waals surface area contributed by atoms with Gasteiger partial charge in [0, 0.05) is 5.39 Å². The van der Waals surface area contributed by atoms with Crippen molar-refractivity contribution in [3.05, 3.63) is 28.9 Å². The van der Waals surface area contributed by atoms with E-state index in [-0.39, 0.29) is 0 Å². The van der Waals surface area contributed by atoms with E-state index < -0.39 is 5.97 Å². The summed E-state index contributed by atoms with van der Waals surface area (Å²) in [5.41, 5.74) is 1.14. The van der Waals surface area contributed by atoms with Gasteiger partial charge in [0.2, 0.25) is 0 Å². The number of methoxy groups -OCH3 is 1. The zero-order valence-corrected chi connectivity index (χ0v) is 8.13. The van der Waals surface area contributed by atoms with Gasteiger partial charge in [-0.3, -0.25) is 5.10 Å². The molecule has 0 fully saturated rings. The van der Waals surface area contributed by atoms with Gasteiger partial charge < -0.3 is 4.74 Å². The minimum Gasteiger partial charge on any atom is -0.465 e. The van der Waals surface area contributed by atoms with Crippen molar-refractivity contribution in [1.29, 1.82) is 0 Å². The number of rotatable bonds is 1. The van der Waals surface area contributed by atoms with Crippen molar-refractivity contribution in [3.8, 4) is 0 Å². The summed E-state index contributed by atoms with van der Waals surface area (Å²) in [7, 11) is 1.32. The lowest BCUT2D eigenvalue weighted by Gasteiger charge is -2.01. The zero-order chi connectivity index (χ0) is 10.1. The first kappa shape index (κ1) is 9.02. The molecular formula is C9H7ClN2O2. The number of carbonyl (C=O) groups is 1. The van der Waals surface area contributed by atoms with E-state index in [2.05, 4.69) is 14.9 Å². The maximum absolute atomic E-state index is 11.3. The Morgan fingerprint density at radius 1 is 1.57 bits per heavy atom. The van der Waals surface area contributed by atoms with Crippen LogP contribution in [0.3, 0.4) is 0 Å². The van der Waals surface area contributed by atoms with Crippen molar-refractivity contribution in [2.75, 3.05) is 7.11 Å². The Kier molecular flexibility index (Phi) is 2.13. The molecule has 0 radical (unpaired) electrons. The number of hydrogen-bond acceptors (Lipinski definition) is 3. The van der Waals surface area contributed by atoms with Crippen LogP contribution in [0, 0.1) is 0 Å². The predicted molar refractivity (Wildman–Crippen MR) is 52.4 cm³/mol. The van der Waals surface area contributed by atoms with E-state index in [1.165, 1.54) is 7.11 Å². The van der Waals surface area contributed by atoms with Crippen LogP contribution in [0.25, 0.3) is 10.9 Å². The van der Waals surface area contributed by atoms with Crippen LogP contribution in [0.1, 0.15) is 10.4 Å². The summed E-state index contributed by atoms with van der Waals surface area (Å²) in [5.74, 6) is -0.446. The summed E-state index contributed by atoms with van der Waals surface area (Å²) >= 11 is 5.89. The minimum absolute atomic E-state index is 0.350. The second-order valence-corrected chi connectivity index (χ2v) is 3.19. The lowest BCUT2D eigenvalue weighted by atomic mass is 10.1. The van der Waals surface area contributed by atoms with Crippen molar-refractivity contribution in [3.63, 3.8) is 0 Å². The summed E-state index contributed by atoms with van der Waals surface area (Å²) in [6, 6.07) is 3.29. The third-order valence-corrected chi connectivity index (χ3v) is 2.25. The molecule has 0 saturated carbocycles. The molecule has 4 nitrogen and oxygen atoms in total. The maximum atomic E-state index is 11.3. The first-order chi connectivity index (χ1) is 6.72. The van der Waals surface area contributed by atoms with Gasteiger partial charge in [-0.1, -0.05) is 11.6 Å². The highest BCUT2D eigenvalue weighted by Gasteiger charge is 2.12. The number of halogens is 1. The summed E-state index contributed by atoms with van der Waals surface area (Å²) < 4.78 is 4.59. The highest BCUT2D eigenvalue weighted by molar-refractivity contribution is 6.34. The number of aromatic nitrogens is 2. The third-order valence-electron chi connectivity index (χ3n) is 1.93. The largest absolute Gasteiger partial charge is 0.465 e. The van der Waals surface area contributed by atoms with Crippen molar-refractivity contribution >= 4 is 28.5 Å². The molecule has 0 unspecified atom stereocenters. The number of nitrogens with zero attached hydrogens (tertiary/aromatic N) is 1. The van der Waals surface area contributed by atoms with Crippen LogP contribution in [0.4, 0.5) is 0 Å². The standard InChI is InChI=1S/C9H7ClN2O2/c1-14-9(13)6-2-5-4-11-12-8(5)3-7(6)10/h2-4H,1H3,(H,11,12). The lowest BCUT2D eigenvalue weighted by Crippen LogP contribution is -2.01. The molecule has 1 aromatic heterocycles.